The summed E-state index contributed by atoms with van der Waals surface area (Å²) in [6, 6.07) is 0. The zero-order chi connectivity index (χ0) is 30.0. The van der Waals surface area contributed by atoms with Crippen molar-refractivity contribution in [1.29, 1.82) is 0 Å². The van der Waals surface area contributed by atoms with E-state index in [2.05, 4.69) is 54.0 Å². The first-order valence-corrected chi connectivity index (χ1v) is 16.2. The smallest absolute Gasteiger partial charge is 0.465 e. The number of terminal acetylenes is 1. The minimum atomic E-state index is -0.638. The van der Waals surface area contributed by atoms with Crippen molar-refractivity contribution in [2.45, 2.75) is 119 Å². The first-order chi connectivity index (χ1) is 19.2. The molecule has 0 unspecified atom stereocenters. The standard InChI is InChI=1S/C36H54O5/c1-10-21-39-31(38)41-29-15-16-33(7)27(32(29,5)6)14-17-35(9)28(33)12-11-26-30-25(23(2)3)13-18-36(30,22-40-24(4)37)20-19-34(26,35)8/h1,25-30H,2,11-22H2,3-9H3/t25-,26+,27-,28+,29-,30+,33-,34+,35+,36+/m0/s1. The van der Waals surface area contributed by atoms with Gasteiger partial charge in [-0.2, -0.15) is 0 Å². The van der Waals surface area contributed by atoms with Gasteiger partial charge in [0.1, 0.15) is 6.10 Å². The Labute approximate surface area is 248 Å². The van der Waals surface area contributed by atoms with E-state index in [9.17, 15) is 9.59 Å². The van der Waals surface area contributed by atoms with Crippen LogP contribution in [0, 0.1) is 69.0 Å². The SMILES string of the molecule is C#CCOC(=O)O[C@H]1CC[C@]2(C)[C@H]3CC[C@@H]4[C@H]5[C@H](C(=C)C)CC[C@]5(COC(C)=O)CC[C@@]4(C)[C@]3(C)CC[C@H]2C1(C)C. The van der Waals surface area contributed by atoms with E-state index in [1.54, 1.807) is 6.92 Å². The number of allylic oxidation sites excluding steroid dienone is 1. The largest absolute Gasteiger partial charge is 0.509 e. The highest BCUT2D eigenvalue weighted by atomic mass is 16.7. The lowest BCUT2D eigenvalue weighted by Crippen LogP contribution is -2.67. The molecule has 5 heteroatoms. The van der Waals surface area contributed by atoms with Crippen molar-refractivity contribution >= 4 is 12.1 Å². The van der Waals surface area contributed by atoms with Crippen molar-refractivity contribution in [3.63, 3.8) is 0 Å². The van der Waals surface area contributed by atoms with Gasteiger partial charge in [-0.1, -0.05) is 52.7 Å². The molecule has 0 N–H and O–H groups in total. The van der Waals surface area contributed by atoms with Crippen molar-refractivity contribution in [3.05, 3.63) is 12.2 Å². The lowest BCUT2D eigenvalue weighted by Gasteiger charge is -2.73. The second-order valence-electron chi connectivity index (χ2n) is 16.0. The van der Waals surface area contributed by atoms with Crippen molar-refractivity contribution in [1.82, 2.24) is 0 Å². The van der Waals surface area contributed by atoms with Gasteiger partial charge in [-0.05, 0) is 117 Å². The molecule has 0 spiro atoms. The molecule has 0 aromatic heterocycles. The summed E-state index contributed by atoms with van der Waals surface area (Å²) in [4.78, 5) is 24.3. The van der Waals surface area contributed by atoms with Crippen LogP contribution in [-0.2, 0) is 19.0 Å². The second kappa shape index (κ2) is 10.3. The summed E-state index contributed by atoms with van der Waals surface area (Å²) in [7, 11) is 0. The Bertz CT molecular complexity index is 1120. The lowest BCUT2D eigenvalue weighted by atomic mass is 9.32. The summed E-state index contributed by atoms with van der Waals surface area (Å²) < 4.78 is 16.8. The fraction of sp³-hybridized carbons (Fsp3) is 0.833. The van der Waals surface area contributed by atoms with Crippen molar-refractivity contribution in [2.24, 2.45) is 56.7 Å². The highest BCUT2D eigenvalue weighted by Gasteiger charge is 2.71. The molecule has 0 radical (unpaired) electrons. The monoisotopic (exact) mass is 566 g/mol. The van der Waals surface area contributed by atoms with Gasteiger partial charge in [-0.15, -0.1) is 6.42 Å². The molecule has 5 nitrogen and oxygen atoms in total. The van der Waals surface area contributed by atoms with Gasteiger partial charge in [0.25, 0.3) is 0 Å². The topological polar surface area (TPSA) is 61.8 Å². The summed E-state index contributed by atoms with van der Waals surface area (Å²) in [5.74, 6) is 4.99. The van der Waals surface area contributed by atoms with Crippen LogP contribution in [0.5, 0.6) is 0 Å². The van der Waals surface area contributed by atoms with Gasteiger partial charge >= 0.3 is 12.1 Å². The number of rotatable bonds is 5. The maximum absolute atomic E-state index is 12.4. The molecule has 5 fully saturated rings. The second-order valence-corrected chi connectivity index (χ2v) is 16.0. The van der Waals surface area contributed by atoms with E-state index in [1.807, 2.05) is 0 Å². The van der Waals surface area contributed by atoms with E-state index in [0.717, 1.165) is 32.1 Å². The predicted molar refractivity (Wildman–Crippen MR) is 161 cm³/mol. The quantitative estimate of drug-likeness (QED) is 0.190. The van der Waals surface area contributed by atoms with Gasteiger partial charge in [0, 0.05) is 17.8 Å². The predicted octanol–water partition coefficient (Wildman–Crippen LogP) is 8.36. The minimum absolute atomic E-state index is 0.0529. The fourth-order valence-electron chi connectivity index (χ4n) is 12.2. The molecule has 0 aliphatic heterocycles. The molecule has 5 rings (SSSR count). The molecular formula is C36H54O5. The molecule has 5 aliphatic rings. The summed E-state index contributed by atoms with van der Waals surface area (Å²) >= 11 is 0. The zero-order valence-corrected chi connectivity index (χ0v) is 26.8. The molecule has 41 heavy (non-hydrogen) atoms. The minimum Gasteiger partial charge on any atom is -0.465 e. The summed E-state index contributed by atoms with van der Waals surface area (Å²) in [5, 5.41) is 0. The van der Waals surface area contributed by atoms with Crippen LogP contribution in [0.2, 0.25) is 0 Å². The van der Waals surface area contributed by atoms with Gasteiger partial charge in [-0.25, -0.2) is 4.79 Å². The average Bonchev–Trinajstić information content (AvgIpc) is 3.29. The Kier molecular flexibility index (Phi) is 7.69. The maximum atomic E-state index is 12.4. The molecule has 0 heterocycles. The molecule has 0 aromatic rings. The van der Waals surface area contributed by atoms with E-state index in [4.69, 9.17) is 20.6 Å². The number of carbonyl (C=O) groups excluding carboxylic acids is 2. The number of fused-ring (bicyclic) bond motifs is 7. The van der Waals surface area contributed by atoms with Crippen LogP contribution in [0.15, 0.2) is 12.2 Å². The number of hydrogen-bond acceptors (Lipinski definition) is 5. The normalized spacial score (nSPS) is 46.0. The van der Waals surface area contributed by atoms with Gasteiger partial charge in [0.2, 0.25) is 0 Å². The van der Waals surface area contributed by atoms with Crippen LogP contribution in [-0.4, -0.2) is 31.4 Å². The van der Waals surface area contributed by atoms with Crippen LogP contribution in [0.25, 0.3) is 0 Å². The highest BCUT2D eigenvalue weighted by molar-refractivity contribution is 5.66. The van der Waals surface area contributed by atoms with E-state index in [-0.39, 0.29) is 45.8 Å². The molecular weight excluding hydrogens is 512 g/mol. The van der Waals surface area contributed by atoms with E-state index in [0.29, 0.717) is 36.2 Å². The van der Waals surface area contributed by atoms with Crippen molar-refractivity contribution in [2.75, 3.05) is 13.2 Å². The summed E-state index contributed by atoms with van der Waals surface area (Å²) in [6.45, 7) is 21.2. The fourth-order valence-corrected chi connectivity index (χ4v) is 12.2. The van der Waals surface area contributed by atoms with Crippen LogP contribution in [0.4, 0.5) is 4.79 Å². The van der Waals surface area contributed by atoms with Crippen LogP contribution in [0.3, 0.4) is 0 Å². The third-order valence-electron chi connectivity index (χ3n) is 14.3. The summed E-state index contributed by atoms with van der Waals surface area (Å²) in [5.41, 5.74) is 1.95. The van der Waals surface area contributed by atoms with Gasteiger partial charge in [0.05, 0.1) is 6.61 Å². The number of esters is 1. The van der Waals surface area contributed by atoms with Crippen molar-refractivity contribution in [3.8, 4) is 12.3 Å². The first-order valence-electron chi connectivity index (χ1n) is 16.2. The van der Waals surface area contributed by atoms with Crippen LogP contribution in [0.1, 0.15) is 113 Å². The van der Waals surface area contributed by atoms with Gasteiger partial charge < -0.3 is 14.2 Å². The Balaban J connectivity index is 1.44. The molecule has 0 saturated heterocycles. The Morgan fingerprint density at radius 1 is 0.854 bits per heavy atom. The molecule has 228 valence electrons. The number of carbonyl (C=O) groups is 2. The highest BCUT2D eigenvalue weighted by Crippen LogP contribution is 2.77. The van der Waals surface area contributed by atoms with Gasteiger partial charge in [0.15, 0.2) is 6.61 Å². The number of ether oxygens (including phenoxy) is 3. The maximum Gasteiger partial charge on any atom is 0.509 e. The Morgan fingerprint density at radius 2 is 1.59 bits per heavy atom. The van der Waals surface area contributed by atoms with Crippen molar-refractivity contribution < 1.29 is 23.8 Å². The third-order valence-corrected chi connectivity index (χ3v) is 14.3. The van der Waals surface area contributed by atoms with E-state index < -0.39 is 6.16 Å². The third kappa shape index (κ3) is 4.48. The molecule has 0 bridgehead atoms. The molecule has 5 aliphatic carbocycles. The zero-order valence-electron chi connectivity index (χ0n) is 26.8. The van der Waals surface area contributed by atoms with E-state index >= 15 is 0 Å². The Hall–Kier alpha value is -1.96. The molecule has 0 aromatic carbocycles. The Morgan fingerprint density at radius 3 is 2.24 bits per heavy atom. The molecule has 5 saturated carbocycles. The molecule has 0 amide bonds. The van der Waals surface area contributed by atoms with Crippen LogP contribution < -0.4 is 0 Å². The first kappa shape index (κ1) is 30.5. The lowest BCUT2D eigenvalue weighted by molar-refractivity contribution is -0.250. The summed E-state index contributed by atoms with van der Waals surface area (Å²) in [6.07, 6.45) is 16.0. The van der Waals surface area contributed by atoms with Crippen LogP contribution >= 0.6 is 0 Å². The molecule has 10 atom stereocenters. The number of hydrogen-bond donors (Lipinski definition) is 0. The van der Waals surface area contributed by atoms with E-state index in [1.165, 1.54) is 37.7 Å². The van der Waals surface area contributed by atoms with Gasteiger partial charge in [-0.3, -0.25) is 4.79 Å². The average molecular weight is 567 g/mol.